The van der Waals surface area contributed by atoms with Gasteiger partial charge < -0.3 is 9.47 Å². The van der Waals surface area contributed by atoms with Gasteiger partial charge in [-0.25, -0.2) is 5.43 Å². The maximum atomic E-state index is 12.4. The lowest BCUT2D eigenvalue weighted by atomic mass is 10.2. The Morgan fingerprint density at radius 1 is 1.26 bits per heavy atom. The maximum Gasteiger partial charge on any atom is 0.293 e. The lowest BCUT2D eigenvalue weighted by Gasteiger charge is -2.06. The Labute approximate surface area is 185 Å². The standard InChI is InChI=1S/C20H18BrN5O5/c1-30-16-8-5-14(18(9-16)31-2)10-22-23-20(27)19-17(21)12-25(24-19)11-13-3-6-15(7-4-13)26(28)29/h3-10,12H,11H2,1-2H3,(H,23,27)/b22-10+. The van der Waals surface area contributed by atoms with Crippen LogP contribution in [0.4, 0.5) is 5.69 Å². The number of nitrogens with one attached hydrogen (secondary N) is 1. The second kappa shape index (κ2) is 9.85. The molecule has 2 aromatic carbocycles. The number of aromatic nitrogens is 2. The van der Waals surface area contributed by atoms with Crippen molar-refractivity contribution < 1.29 is 19.2 Å². The van der Waals surface area contributed by atoms with Crippen molar-refractivity contribution in [3.63, 3.8) is 0 Å². The lowest BCUT2D eigenvalue weighted by Crippen LogP contribution is -2.19. The Hall–Kier alpha value is -3.73. The molecule has 1 heterocycles. The first-order valence-electron chi connectivity index (χ1n) is 8.93. The highest BCUT2D eigenvalue weighted by Crippen LogP contribution is 2.23. The van der Waals surface area contributed by atoms with Crippen LogP contribution in [0.3, 0.4) is 0 Å². The number of benzene rings is 2. The van der Waals surface area contributed by atoms with Gasteiger partial charge >= 0.3 is 0 Å². The van der Waals surface area contributed by atoms with Crippen LogP contribution in [0.1, 0.15) is 21.6 Å². The van der Waals surface area contributed by atoms with Gasteiger partial charge in [-0.05, 0) is 33.6 Å². The Balaban J connectivity index is 1.67. The van der Waals surface area contributed by atoms with E-state index < -0.39 is 10.8 Å². The van der Waals surface area contributed by atoms with Gasteiger partial charge in [0.2, 0.25) is 0 Å². The molecule has 3 aromatic rings. The number of nitrogens with zero attached hydrogens (tertiary/aromatic N) is 4. The van der Waals surface area contributed by atoms with Crippen molar-refractivity contribution >= 4 is 33.7 Å². The first kappa shape index (κ1) is 22.0. The fourth-order valence-corrected chi connectivity index (χ4v) is 3.18. The number of rotatable bonds is 8. The molecular weight excluding hydrogens is 470 g/mol. The number of ether oxygens (including phenoxy) is 2. The number of non-ortho nitro benzene ring substituents is 1. The van der Waals surface area contributed by atoms with Gasteiger partial charge in [0.15, 0.2) is 5.69 Å². The van der Waals surface area contributed by atoms with E-state index in [4.69, 9.17) is 9.47 Å². The minimum Gasteiger partial charge on any atom is -0.497 e. The van der Waals surface area contributed by atoms with Gasteiger partial charge in [-0.3, -0.25) is 19.6 Å². The van der Waals surface area contributed by atoms with E-state index in [-0.39, 0.29) is 11.4 Å². The van der Waals surface area contributed by atoms with Crippen molar-refractivity contribution in [1.29, 1.82) is 0 Å². The highest BCUT2D eigenvalue weighted by atomic mass is 79.9. The molecule has 11 heteroatoms. The Kier molecular flexibility index (Phi) is 6.98. The van der Waals surface area contributed by atoms with Crippen molar-refractivity contribution in [3.8, 4) is 11.5 Å². The molecule has 0 atom stereocenters. The third-order valence-electron chi connectivity index (χ3n) is 4.23. The van der Waals surface area contributed by atoms with Crippen molar-refractivity contribution in [2.45, 2.75) is 6.54 Å². The molecular formula is C20H18BrN5O5. The van der Waals surface area contributed by atoms with Crippen molar-refractivity contribution in [3.05, 3.63) is 80.1 Å². The van der Waals surface area contributed by atoms with Crippen LogP contribution >= 0.6 is 15.9 Å². The zero-order chi connectivity index (χ0) is 22.4. The largest absolute Gasteiger partial charge is 0.497 e. The predicted octanol–water partition coefficient (Wildman–Crippen LogP) is 3.38. The molecule has 0 bridgehead atoms. The molecule has 0 saturated carbocycles. The van der Waals surface area contributed by atoms with Crippen molar-refractivity contribution in [2.75, 3.05) is 14.2 Å². The van der Waals surface area contributed by atoms with E-state index in [0.29, 0.717) is 28.1 Å². The molecule has 1 amide bonds. The van der Waals surface area contributed by atoms with Crippen LogP contribution in [0.15, 0.2) is 58.2 Å². The summed E-state index contributed by atoms with van der Waals surface area (Å²) in [5, 5.41) is 19.0. The number of hydrogen-bond acceptors (Lipinski definition) is 7. The number of nitro benzene ring substituents is 1. The summed E-state index contributed by atoms with van der Waals surface area (Å²) in [6.45, 7) is 0.343. The topological polar surface area (TPSA) is 121 Å². The van der Waals surface area contributed by atoms with Gasteiger partial charge in [0.1, 0.15) is 11.5 Å². The van der Waals surface area contributed by atoms with Crippen LogP contribution in [0.5, 0.6) is 11.5 Å². The molecule has 0 aliphatic carbocycles. The fourth-order valence-electron chi connectivity index (χ4n) is 2.68. The molecule has 1 N–H and O–H groups in total. The summed E-state index contributed by atoms with van der Waals surface area (Å²) in [6, 6.07) is 11.3. The number of hydrogen-bond donors (Lipinski definition) is 1. The van der Waals surface area contributed by atoms with E-state index in [1.165, 1.54) is 25.5 Å². The smallest absolute Gasteiger partial charge is 0.293 e. The zero-order valence-corrected chi connectivity index (χ0v) is 18.2. The maximum absolute atomic E-state index is 12.4. The number of carbonyl (C=O) groups is 1. The molecule has 31 heavy (non-hydrogen) atoms. The summed E-state index contributed by atoms with van der Waals surface area (Å²) < 4.78 is 12.5. The van der Waals surface area contributed by atoms with Gasteiger partial charge in [0, 0.05) is 30.0 Å². The number of halogens is 1. The number of hydrazone groups is 1. The summed E-state index contributed by atoms with van der Waals surface area (Å²) in [7, 11) is 3.08. The van der Waals surface area contributed by atoms with Gasteiger partial charge in [-0.15, -0.1) is 0 Å². The highest BCUT2D eigenvalue weighted by Gasteiger charge is 2.15. The molecule has 160 valence electrons. The normalized spacial score (nSPS) is 10.8. The van der Waals surface area contributed by atoms with Crippen LogP contribution in [0.25, 0.3) is 0 Å². The Bertz CT molecular complexity index is 1130. The summed E-state index contributed by atoms with van der Waals surface area (Å²) in [5.41, 5.74) is 4.05. The zero-order valence-electron chi connectivity index (χ0n) is 16.6. The van der Waals surface area contributed by atoms with E-state index in [1.807, 2.05) is 0 Å². The molecule has 0 aliphatic heterocycles. The molecule has 0 fully saturated rings. The van der Waals surface area contributed by atoms with Crippen molar-refractivity contribution in [1.82, 2.24) is 15.2 Å². The van der Waals surface area contributed by atoms with E-state index in [1.54, 1.807) is 48.3 Å². The minimum atomic E-state index is -0.502. The summed E-state index contributed by atoms with van der Waals surface area (Å²) in [6.07, 6.45) is 3.10. The van der Waals surface area contributed by atoms with Crippen LogP contribution < -0.4 is 14.9 Å². The van der Waals surface area contributed by atoms with Crippen LogP contribution in [0, 0.1) is 10.1 Å². The molecule has 1 aromatic heterocycles. The third kappa shape index (κ3) is 5.45. The molecule has 3 rings (SSSR count). The lowest BCUT2D eigenvalue weighted by molar-refractivity contribution is -0.384. The molecule has 0 radical (unpaired) electrons. The van der Waals surface area contributed by atoms with Crippen LogP contribution in [0.2, 0.25) is 0 Å². The first-order chi connectivity index (χ1) is 14.9. The Morgan fingerprint density at radius 2 is 2.00 bits per heavy atom. The highest BCUT2D eigenvalue weighted by molar-refractivity contribution is 9.10. The summed E-state index contributed by atoms with van der Waals surface area (Å²) in [5.74, 6) is 0.685. The third-order valence-corrected chi connectivity index (χ3v) is 4.81. The quantitative estimate of drug-likeness (QED) is 0.295. The first-order valence-corrected chi connectivity index (χ1v) is 9.72. The average Bonchev–Trinajstić information content (AvgIpc) is 3.14. The van der Waals surface area contributed by atoms with E-state index >= 15 is 0 Å². The van der Waals surface area contributed by atoms with E-state index in [9.17, 15) is 14.9 Å². The number of amides is 1. The minimum absolute atomic E-state index is 0.0109. The predicted molar refractivity (Wildman–Crippen MR) is 117 cm³/mol. The number of methoxy groups -OCH3 is 2. The molecule has 0 unspecified atom stereocenters. The van der Waals surface area contributed by atoms with Gasteiger partial charge in [0.05, 0.1) is 36.4 Å². The monoisotopic (exact) mass is 487 g/mol. The Morgan fingerprint density at radius 3 is 2.65 bits per heavy atom. The molecule has 0 spiro atoms. The molecule has 0 saturated heterocycles. The van der Waals surface area contributed by atoms with Gasteiger partial charge in [0.25, 0.3) is 11.6 Å². The SMILES string of the molecule is COc1ccc(/C=N/NC(=O)c2nn(Cc3ccc([N+](=O)[O-])cc3)cc2Br)c(OC)c1. The van der Waals surface area contributed by atoms with E-state index in [0.717, 1.165) is 5.56 Å². The fraction of sp³-hybridized carbons (Fsp3) is 0.150. The van der Waals surface area contributed by atoms with E-state index in [2.05, 4.69) is 31.6 Å². The van der Waals surface area contributed by atoms with Crippen LogP contribution in [-0.2, 0) is 6.54 Å². The summed E-state index contributed by atoms with van der Waals surface area (Å²) in [4.78, 5) is 22.7. The van der Waals surface area contributed by atoms with Crippen LogP contribution in [-0.4, -0.2) is 41.0 Å². The second-order valence-corrected chi connectivity index (χ2v) is 7.11. The number of carbonyl (C=O) groups excluding carboxylic acids is 1. The average molecular weight is 488 g/mol. The molecule has 10 nitrogen and oxygen atoms in total. The summed E-state index contributed by atoms with van der Waals surface area (Å²) >= 11 is 3.32. The van der Waals surface area contributed by atoms with Gasteiger partial charge in [-0.1, -0.05) is 12.1 Å². The second-order valence-electron chi connectivity index (χ2n) is 6.25. The number of nitro groups is 1. The van der Waals surface area contributed by atoms with Gasteiger partial charge in [-0.2, -0.15) is 10.2 Å². The van der Waals surface area contributed by atoms with Crippen molar-refractivity contribution in [2.24, 2.45) is 5.10 Å². The molecule has 0 aliphatic rings.